The van der Waals surface area contributed by atoms with Gasteiger partial charge in [-0.2, -0.15) is 0 Å². The molecule has 2 aliphatic rings. The van der Waals surface area contributed by atoms with Crippen LogP contribution in [0.25, 0.3) is 0 Å². The van der Waals surface area contributed by atoms with E-state index in [1.807, 2.05) is 35.3 Å². The fraction of sp³-hybridized carbons (Fsp3) is 0.350. The molecule has 2 aromatic rings. The Bertz CT molecular complexity index is 759. The molecule has 2 atom stereocenters. The van der Waals surface area contributed by atoms with Crippen LogP contribution in [0.4, 0.5) is 14.9 Å². The second-order valence-electron chi connectivity index (χ2n) is 6.66. The number of hydrogen-bond donors (Lipinski definition) is 0. The zero-order chi connectivity index (χ0) is 17.9. The van der Waals surface area contributed by atoms with Crippen LogP contribution < -0.4 is 5.01 Å². The highest BCUT2D eigenvalue weighted by Crippen LogP contribution is 2.30. The summed E-state index contributed by atoms with van der Waals surface area (Å²) in [6.07, 6.45) is 1.66. The summed E-state index contributed by atoms with van der Waals surface area (Å²) in [6.45, 7) is 1.35. The molecule has 0 radical (unpaired) electrons. The Morgan fingerprint density at radius 2 is 1.85 bits per heavy atom. The summed E-state index contributed by atoms with van der Waals surface area (Å²) in [5.41, 5.74) is 1.37. The van der Waals surface area contributed by atoms with Crippen LogP contribution in [-0.2, 0) is 16.1 Å². The monoisotopic (exact) mass is 356 g/mol. The molecule has 1 amide bonds. The largest absolute Gasteiger partial charge is 0.443 e. The van der Waals surface area contributed by atoms with E-state index < -0.39 is 6.09 Å². The van der Waals surface area contributed by atoms with Gasteiger partial charge in [-0.15, -0.1) is 0 Å². The predicted octanol–water partition coefficient (Wildman–Crippen LogP) is 3.75. The van der Waals surface area contributed by atoms with Crippen molar-refractivity contribution in [3.05, 3.63) is 66.0 Å². The lowest BCUT2D eigenvalue weighted by molar-refractivity contribution is -0.0419. The Balaban J connectivity index is 1.54. The SMILES string of the molecule is O=C(OCc1ccccc1)N(c1cccc(F)c1)N1CC2CCC(C1)O2. The summed E-state index contributed by atoms with van der Waals surface area (Å²) in [4.78, 5) is 12.9. The summed E-state index contributed by atoms with van der Waals surface area (Å²) in [7, 11) is 0. The number of hydrazine groups is 1. The molecular weight excluding hydrogens is 335 g/mol. The van der Waals surface area contributed by atoms with Crippen LogP contribution in [0.1, 0.15) is 18.4 Å². The van der Waals surface area contributed by atoms with E-state index >= 15 is 0 Å². The van der Waals surface area contributed by atoms with E-state index in [1.165, 1.54) is 17.1 Å². The summed E-state index contributed by atoms with van der Waals surface area (Å²) in [6, 6.07) is 15.5. The number of hydrogen-bond acceptors (Lipinski definition) is 4. The Morgan fingerprint density at radius 1 is 1.12 bits per heavy atom. The van der Waals surface area contributed by atoms with Crippen LogP contribution >= 0.6 is 0 Å². The highest BCUT2D eigenvalue weighted by molar-refractivity contribution is 5.86. The molecule has 2 unspecified atom stereocenters. The number of anilines is 1. The van der Waals surface area contributed by atoms with Crippen molar-refractivity contribution in [3.63, 3.8) is 0 Å². The fourth-order valence-corrected chi connectivity index (χ4v) is 3.53. The summed E-state index contributed by atoms with van der Waals surface area (Å²) in [5.74, 6) is -0.389. The normalized spacial score (nSPS) is 22.2. The minimum Gasteiger partial charge on any atom is -0.443 e. The van der Waals surface area contributed by atoms with Crippen LogP contribution in [0, 0.1) is 5.82 Å². The maximum atomic E-state index is 13.8. The topological polar surface area (TPSA) is 42.0 Å². The molecule has 0 saturated carbocycles. The summed E-state index contributed by atoms with van der Waals surface area (Å²) < 4.78 is 25.1. The number of benzene rings is 2. The van der Waals surface area contributed by atoms with E-state index in [4.69, 9.17) is 9.47 Å². The van der Waals surface area contributed by atoms with Gasteiger partial charge in [-0.05, 0) is 36.6 Å². The molecule has 4 rings (SSSR count). The number of nitrogens with zero attached hydrogens (tertiary/aromatic N) is 2. The summed E-state index contributed by atoms with van der Waals surface area (Å²) >= 11 is 0. The Kier molecular flexibility index (Phi) is 4.86. The molecule has 2 heterocycles. The van der Waals surface area contributed by atoms with Gasteiger partial charge in [0.15, 0.2) is 0 Å². The maximum absolute atomic E-state index is 13.8. The molecule has 26 heavy (non-hydrogen) atoms. The van der Waals surface area contributed by atoms with Gasteiger partial charge in [0.1, 0.15) is 12.4 Å². The number of carbonyl (C=O) groups excluding carboxylic acids is 1. The number of rotatable bonds is 4. The van der Waals surface area contributed by atoms with Gasteiger partial charge >= 0.3 is 6.09 Å². The first kappa shape index (κ1) is 17.0. The maximum Gasteiger partial charge on any atom is 0.429 e. The summed E-state index contributed by atoms with van der Waals surface area (Å²) in [5, 5.41) is 3.35. The van der Waals surface area contributed by atoms with Crippen molar-refractivity contribution in [2.75, 3.05) is 18.1 Å². The van der Waals surface area contributed by atoms with Crippen LogP contribution in [0.5, 0.6) is 0 Å². The van der Waals surface area contributed by atoms with E-state index in [9.17, 15) is 9.18 Å². The van der Waals surface area contributed by atoms with Gasteiger partial charge in [-0.25, -0.2) is 19.2 Å². The Labute approximate surface area is 151 Å². The lowest BCUT2D eigenvalue weighted by Gasteiger charge is -2.39. The van der Waals surface area contributed by atoms with E-state index in [-0.39, 0.29) is 24.6 Å². The molecular formula is C20H21FN2O3. The molecule has 0 N–H and O–H groups in total. The van der Waals surface area contributed by atoms with Crippen molar-refractivity contribution < 1.29 is 18.7 Å². The third-order valence-corrected chi connectivity index (χ3v) is 4.74. The Morgan fingerprint density at radius 3 is 2.54 bits per heavy atom. The first-order valence-corrected chi connectivity index (χ1v) is 8.86. The van der Waals surface area contributed by atoms with Crippen molar-refractivity contribution >= 4 is 11.8 Å². The molecule has 0 aliphatic carbocycles. The number of morpholine rings is 1. The van der Waals surface area contributed by atoms with E-state index in [2.05, 4.69) is 0 Å². The van der Waals surface area contributed by atoms with Crippen LogP contribution in [0.15, 0.2) is 54.6 Å². The van der Waals surface area contributed by atoms with Gasteiger partial charge in [0.25, 0.3) is 0 Å². The Hall–Kier alpha value is -2.44. The number of ether oxygens (including phenoxy) is 2. The molecule has 6 heteroatoms. The molecule has 2 aromatic carbocycles. The second kappa shape index (κ2) is 7.43. The van der Waals surface area contributed by atoms with E-state index in [0.29, 0.717) is 18.8 Å². The van der Waals surface area contributed by atoms with Crippen molar-refractivity contribution in [2.24, 2.45) is 0 Å². The van der Waals surface area contributed by atoms with E-state index in [0.717, 1.165) is 18.4 Å². The van der Waals surface area contributed by atoms with Gasteiger partial charge in [0, 0.05) is 13.1 Å². The third-order valence-electron chi connectivity index (χ3n) is 4.74. The number of carbonyl (C=O) groups is 1. The van der Waals surface area contributed by atoms with E-state index in [1.54, 1.807) is 12.1 Å². The highest BCUT2D eigenvalue weighted by atomic mass is 19.1. The van der Waals surface area contributed by atoms with Crippen LogP contribution in [0.3, 0.4) is 0 Å². The third kappa shape index (κ3) is 3.71. The van der Waals surface area contributed by atoms with Crippen molar-refractivity contribution in [3.8, 4) is 0 Å². The van der Waals surface area contributed by atoms with Crippen molar-refractivity contribution in [1.29, 1.82) is 0 Å². The number of fused-ring (bicyclic) bond motifs is 2. The van der Waals surface area contributed by atoms with Gasteiger partial charge in [0.05, 0.1) is 17.9 Å². The fourth-order valence-electron chi connectivity index (χ4n) is 3.53. The number of halogens is 1. The molecule has 136 valence electrons. The first-order chi connectivity index (χ1) is 12.7. The van der Waals surface area contributed by atoms with Gasteiger partial charge in [-0.3, -0.25) is 0 Å². The molecule has 5 nitrogen and oxygen atoms in total. The predicted molar refractivity (Wildman–Crippen MR) is 95.0 cm³/mol. The molecule has 2 saturated heterocycles. The van der Waals surface area contributed by atoms with Gasteiger partial charge < -0.3 is 9.47 Å². The van der Waals surface area contributed by atoms with Crippen LogP contribution in [-0.4, -0.2) is 36.4 Å². The average Bonchev–Trinajstić information content (AvgIpc) is 2.99. The molecule has 2 aliphatic heterocycles. The first-order valence-electron chi connectivity index (χ1n) is 8.86. The lowest BCUT2D eigenvalue weighted by atomic mass is 10.2. The van der Waals surface area contributed by atoms with Crippen molar-refractivity contribution in [2.45, 2.75) is 31.7 Å². The minimum atomic E-state index is -0.513. The molecule has 0 spiro atoms. The smallest absolute Gasteiger partial charge is 0.429 e. The second-order valence-corrected chi connectivity index (χ2v) is 6.66. The average molecular weight is 356 g/mol. The van der Waals surface area contributed by atoms with Crippen molar-refractivity contribution in [1.82, 2.24) is 5.01 Å². The molecule has 2 fully saturated rings. The van der Waals surface area contributed by atoms with Gasteiger partial charge in [0.2, 0.25) is 0 Å². The molecule has 0 aromatic heterocycles. The molecule has 2 bridgehead atoms. The zero-order valence-electron chi connectivity index (χ0n) is 14.4. The zero-order valence-corrected chi connectivity index (χ0v) is 14.4. The van der Waals surface area contributed by atoms with Crippen LogP contribution in [0.2, 0.25) is 0 Å². The quantitative estimate of drug-likeness (QED) is 0.837. The van der Waals surface area contributed by atoms with Gasteiger partial charge in [-0.1, -0.05) is 36.4 Å². The minimum absolute atomic E-state index is 0.103. The lowest BCUT2D eigenvalue weighted by Crippen LogP contribution is -2.54. The highest BCUT2D eigenvalue weighted by Gasteiger charge is 2.38. The standard InChI is InChI=1S/C20H21FN2O3/c21-16-7-4-8-17(11-16)23(22-12-18-9-10-19(13-22)26-18)20(24)25-14-15-5-2-1-3-6-15/h1-8,11,18-19H,9-10,12-14H2. The number of amides is 1.